The first kappa shape index (κ1) is 12.7. The zero-order chi connectivity index (χ0) is 8.27. The van der Waals surface area contributed by atoms with E-state index in [-0.39, 0.29) is 56.9 Å². The van der Waals surface area contributed by atoms with Crippen LogP contribution in [0.3, 0.4) is 0 Å². The Balaban J connectivity index is 0.00000121. The Bertz CT molecular complexity index is 258. The van der Waals surface area contributed by atoms with Gasteiger partial charge in [-0.1, -0.05) is 12.1 Å². The summed E-state index contributed by atoms with van der Waals surface area (Å²) >= 11 is 1.58. The number of rotatable bonds is 2. The van der Waals surface area contributed by atoms with Crippen LogP contribution in [0.2, 0.25) is 0 Å². The Hall–Kier alpha value is 0.676. The molecule has 0 bridgehead atoms. The molecule has 4 heteroatoms. The Morgan fingerprint density at radius 2 is 1.83 bits per heavy atom. The molecule has 0 N–H and O–H groups in total. The number of thioether (sulfide) groups is 1. The van der Waals surface area contributed by atoms with E-state index in [1.165, 1.54) is 0 Å². The van der Waals surface area contributed by atoms with Crippen LogP contribution in [0.1, 0.15) is 10.4 Å². The van der Waals surface area contributed by atoms with Crippen LogP contribution in [0, 0.1) is 0 Å². The second kappa shape index (κ2) is 6.18. The molecule has 0 spiro atoms. The second-order valence-electron chi connectivity index (χ2n) is 2.02. The van der Waals surface area contributed by atoms with E-state index in [2.05, 4.69) is 0 Å². The summed E-state index contributed by atoms with van der Waals surface area (Å²) in [6.45, 7) is 0. The minimum atomic E-state index is -1.13. The van der Waals surface area contributed by atoms with Gasteiger partial charge in [0.1, 0.15) is 0 Å². The third kappa shape index (κ3) is 3.59. The number of benzene rings is 1. The minimum Gasteiger partial charge on any atom is -0.545 e. The fourth-order valence-corrected chi connectivity index (χ4v) is 1.14. The molecule has 12 heavy (non-hydrogen) atoms. The SMILES string of the molecule is CSc1ccc(C(=O)[O-])cc1.[K+]. The first-order chi connectivity index (χ1) is 5.24. The molecule has 1 aromatic rings. The van der Waals surface area contributed by atoms with E-state index in [0.717, 1.165) is 4.90 Å². The fourth-order valence-electron chi connectivity index (χ4n) is 0.727. The third-order valence-corrected chi connectivity index (χ3v) is 2.07. The fraction of sp³-hybridized carbons (Fsp3) is 0.125. The molecule has 1 rings (SSSR count). The van der Waals surface area contributed by atoms with Crippen molar-refractivity contribution in [1.82, 2.24) is 0 Å². The maximum absolute atomic E-state index is 10.3. The zero-order valence-electron chi connectivity index (χ0n) is 7.03. The van der Waals surface area contributed by atoms with Gasteiger partial charge in [0.2, 0.25) is 0 Å². The van der Waals surface area contributed by atoms with E-state index in [9.17, 15) is 9.90 Å². The minimum absolute atomic E-state index is 0. The van der Waals surface area contributed by atoms with Crippen molar-refractivity contribution >= 4 is 17.7 Å². The maximum atomic E-state index is 10.3. The van der Waals surface area contributed by atoms with Crippen molar-refractivity contribution in [2.24, 2.45) is 0 Å². The number of hydrogen-bond donors (Lipinski definition) is 0. The molecule has 0 saturated carbocycles. The molecular weight excluding hydrogens is 199 g/mol. The quantitative estimate of drug-likeness (QED) is 0.406. The Labute approximate surface area is 118 Å². The van der Waals surface area contributed by atoms with Crippen molar-refractivity contribution in [1.29, 1.82) is 0 Å². The van der Waals surface area contributed by atoms with Gasteiger partial charge >= 0.3 is 51.4 Å². The van der Waals surface area contributed by atoms with Crippen LogP contribution in [0.4, 0.5) is 0 Å². The molecule has 0 fully saturated rings. The van der Waals surface area contributed by atoms with Crippen molar-refractivity contribution in [3.63, 3.8) is 0 Å². The molecule has 0 amide bonds. The summed E-state index contributed by atoms with van der Waals surface area (Å²) in [5.41, 5.74) is 0.225. The molecule has 0 aliphatic rings. The van der Waals surface area contributed by atoms with E-state index in [1.807, 2.05) is 6.26 Å². The van der Waals surface area contributed by atoms with Gasteiger partial charge in [0, 0.05) is 4.90 Å². The molecule has 0 aliphatic carbocycles. The summed E-state index contributed by atoms with van der Waals surface area (Å²) < 4.78 is 0. The van der Waals surface area contributed by atoms with Gasteiger partial charge in [0.05, 0.1) is 5.97 Å². The number of hydrogen-bond acceptors (Lipinski definition) is 3. The number of carboxylic acids is 1. The second-order valence-corrected chi connectivity index (χ2v) is 2.90. The molecular formula is C8H7KO2S. The maximum Gasteiger partial charge on any atom is 1.00 e. The third-order valence-electron chi connectivity index (χ3n) is 1.33. The molecule has 2 nitrogen and oxygen atoms in total. The van der Waals surface area contributed by atoms with Crippen molar-refractivity contribution in [3.8, 4) is 0 Å². The van der Waals surface area contributed by atoms with Crippen molar-refractivity contribution in [2.45, 2.75) is 4.90 Å². The van der Waals surface area contributed by atoms with Gasteiger partial charge in [-0.3, -0.25) is 0 Å². The summed E-state index contributed by atoms with van der Waals surface area (Å²) in [6, 6.07) is 6.61. The summed E-state index contributed by atoms with van der Waals surface area (Å²) in [7, 11) is 0. The molecule has 58 valence electrons. The average molecular weight is 206 g/mol. The Kier molecular flexibility index (Phi) is 6.53. The predicted octanol–water partition coefficient (Wildman–Crippen LogP) is -2.22. The van der Waals surface area contributed by atoms with Crippen molar-refractivity contribution in [2.75, 3.05) is 6.26 Å². The average Bonchev–Trinajstić information content (AvgIpc) is 2.05. The van der Waals surface area contributed by atoms with E-state index >= 15 is 0 Å². The molecule has 1 aromatic carbocycles. The van der Waals surface area contributed by atoms with Crippen LogP contribution >= 0.6 is 11.8 Å². The summed E-state index contributed by atoms with van der Waals surface area (Å²) in [5.74, 6) is -1.13. The monoisotopic (exact) mass is 206 g/mol. The van der Waals surface area contributed by atoms with Gasteiger partial charge in [-0.05, 0) is 24.0 Å². The predicted molar refractivity (Wildman–Crippen MR) is 42.6 cm³/mol. The first-order valence-corrected chi connectivity index (χ1v) is 4.32. The van der Waals surface area contributed by atoms with E-state index in [1.54, 1.807) is 36.0 Å². The van der Waals surface area contributed by atoms with Gasteiger partial charge in [0.15, 0.2) is 0 Å². The zero-order valence-corrected chi connectivity index (χ0v) is 11.0. The smallest absolute Gasteiger partial charge is 0.545 e. The topological polar surface area (TPSA) is 40.1 Å². The van der Waals surface area contributed by atoms with Crippen LogP contribution < -0.4 is 56.5 Å². The number of carbonyl (C=O) groups is 1. The van der Waals surface area contributed by atoms with E-state index in [4.69, 9.17) is 0 Å². The Morgan fingerprint density at radius 1 is 1.33 bits per heavy atom. The molecule has 0 aliphatic heterocycles. The van der Waals surface area contributed by atoms with Gasteiger partial charge in [-0.15, -0.1) is 11.8 Å². The van der Waals surface area contributed by atoms with Crippen LogP contribution in [0.15, 0.2) is 29.2 Å². The van der Waals surface area contributed by atoms with Gasteiger partial charge in [-0.25, -0.2) is 0 Å². The molecule has 0 unspecified atom stereocenters. The van der Waals surface area contributed by atoms with Gasteiger partial charge < -0.3 is 9.90 Å². The molecule has 0 heterocycles. The van der Waals surface area contributed by atoms with Crippen LogP contribution in [0.25, 0.3) is 0 Å². The number of carbonyl (C=O) groups excluding carboxylic acids is 1. The van der Waals surface area contributed by atoms with E-state index in [0.29, 0.717) is 0 Å². The first-order valence-electron chi connectivity index (χ1n) is 3.09. The van der Waals surface area contributed by atoms with Crippen molar-refractivity contribution in [3.05, 3.63) is 29.8 Å². The number of aromatic carboxylic acids is 1. The Morgan fingerprint density at radius 3 is 2.17 bits per heavy atom. The normalized spacial score (nSPS) is 8.75. The summed E-state index contributed by atoms with van der Waals surface area (Å²) in [5, 5.41) is 10.3. The standard InChI is InChI=1S/C8H8O2S.K/c1-11-7-4-2-6(3-5-7)8(9)10;/h2-5H,1H3,(H,9,10);/q;+1/p-1. The van der Waals surface area contributed by atoms with Gasteiger partial charge in [0.25, 0.3) is 0 Å². The van der Waals surface area contributed by atoms with E-state index < -0.39 is 5.97 Å². The number of carboxylic acid groups (broad SMARTS) is 1. The molecule has 0 radical (unpaired) electrons. The molecule has 0 aromatic heterocycles. The molecule has 0 saturated heterocycles. The van der Waals surface area contributed by atoms with Crippen molar-refractivity contribution < 1.29 is 61.3 Å². The molecule has 0 atom stereocenters. The van der Waals surface area contributed by atoms with Gasteiger partial charge in [-0.2, -0.15) is 0 Å². The van der Waals surface area contributed by atoms with Crippen LogP contribution in [-0.4, -0.2) is 12.2 Å². The van der Waals surface area contributed by atoms with Crippen LogP contribution in [0.5, 0.6) is 0 Å². The summed E-state index contributed by atoms with van der Waals surface area (Å²) in [4.78, 5) is 11.3. The summed E-state index contributed by atoms with van der Waals surface area (Å²) in [6.07, 6.45) is 1.94. The largest absolute Gasteiger partial charge is 1.00 e. The van der Waals surface area contributed by atoms with Crippen LogP contribution in [-0.2, 0) is 0 Å².